The van der Waals surface area contributed by atoms with E-state index in [1.807, 2.05) is 38.5 Å². The van der Waals surface area contributed by atoms with Crippen LogP contribution in [0.3, 0.4) is 0 Å². The third-order valence-corrected chi connectivity index (χ3v) is 4.69. The summed E-state index contributed by atoms with van der Waals surface area (Å²) in [6.07, 6.45) is 1.76. The average Bonchev–Trinajstić information content (AvgIpc) is 2.94. The van der Waals surface area contributed by atoms with Crippen molar-refractivity contribution >= 4 is 29.3 Å². The number of amides is 1. The van der Waals surface area contributed by atoms with Crippen LogP contribution in [0.5, 0.6) is 0 Å². The molecule has 6 heteroatoms. The van der Waals surface area contributed by atoms with Gasteiger partial charge in [0.15, 0.2) is 0 Å². The predicted octanol–water partition coefficient (Wildman–Crippen LogP) is 3.00. The lowest BCUT2D eigenvalue weighted by atomic mass is 10.0. The number of nitrogens with zero attached hydrogens (tertiary/aromatic N) is 1. The Morgan fingerprint density at radius 2 is 1.95 bits per heavy atom. The van der Waals surface area contributed by atoms with Crippen molar-refractivity contribution in [1.29, 1.82) is 0 Å². The number of aromatic nitrogens is 1. The van der Waals surface area contributed by atoms with E-state index in [1.54, 1.807) is 6.92 Å². The fraction of sp³-hybridized carbons (Fsp3) is 0.500. The Labute approximate surface area is 134 Å². The summed E-state index contributed by atoms with van der Waals surface area (Å²) in [5, 5.41) is 0.838. The molecule has 0 fully saturated rings. The van der Waals surface area contributed by atoms with Crippen LogP contribution in [0.1, 0.15) is 56.5 Å². The van der Waals surface area contributed by atoms with Crippen LogP contribution in [0, 0.1) is 0 Å². The van der Waals surface area contributed by atoms with Crippen LogP contribution in [-0.4, -0.2) is 28.3 Å². The van der Waals surface area contributed by atoms with E-state index < -0.39 is 5.91 Å². The number of nitrogens with two attached hydrogens (primary N) is 1. The van der Waals surface area contributed by atoms with Gasteiger partial charge in [-0.2, -0.15) is 0 Å². The SMILES string of the molecule is CC(C(N)=O)=C1CSc2c(C(=O)OC(C)C)c(C(C)C)cn21. The number of ether oxygens (including phenoxy) is 1. The molecule has 1 aliphatic heterocycles. The zero-order valence-corrected chi connectivity index (χ0v) is 14.4. The number of fused-ring (bicyclic) bond motifs is 1. The van der Waals surface area contributed by atoms with Crippen molar-refractivity contribution in [3.05, 3.63) is 22.9 Å². The second-order valence-corrected chi connectivity index (χ2v) is 6.93. The number of carbonyl (C=O) groups is 2. The van der Waals surface area contributed by atoms with E-state index in [9.17, 15) is 9.59 Å². The second kappa shape index (κ2) is 6.20. The maximum absolute atomic E-state index is 12.5. The number of primary amides is 1. The lowest BCUT2D eigenvalue weighted by molar-refractivity contribution is -0.114. The Hall–Kier alpha value is -1.69. The summed E-state index contributed by atoms with van der Waals surface area (Å²) >= 11 is 1.54. The molecule has 2 heterocycles. The molecule has 0 saturated carbocycles. The van der Waals surface area contributed by atoms with Crippen molar-refractivity contribution in [3.63, 3.8) is 0 Å². The van der Waals surface area contributed by atoms with Gasteiger partial charge in [-0.3, -0.25) is 4.79 Å². The highest BCUT2D eigenvalue weighted by Crippen LogP contribution is 2.41. The van der Waals surface area contributed by atoms with Gasteiger partial charge in [0.05, 0.1) is 16.7 Å². The van der Waals surface area contributed by atoms with Crippen LogP contribution in [0.25, 0.3) is 5.70 Å². The van der Waals surface area contributed by atoms with Crippen molar-refractivity contribution in [2.45, 2.75) is 51.7 Å². The van der Waals surface area contributed by atoms with Crippen molar-refractivity contribution < 1.29 is 14.3 Å². The summed E-state index contributed by atoms with van der Waals surface area (Å²) in [4.78, 5) is 23.9. The lowest BCUT2D eigenvalue weighted by Crippen LogP contribution is -2.15. The summed E-state index contributed by atoms with van der Waals surface area (Å²) in [6.45, 7) is 9.45. The zero-order chi connectivity index (χ0) is 16.6. The van der Waals surface area contributed by atoms with Gasteiger partial charge in [-0.1, -0.05) is 13.8 Å². The van der Waals surface area contributed by atoms with Crippen molar-refractivity contribution in [3.8, 4) is 0 Å². The predicted molar refractivity (Wildman–Crippen MR) is 87.9 cm³/mol. The number of hydrogen-bond donors (Lipinski definition) is 1. The molecule has 1 amide bonds. The van der Waals surface area contributed by atoms with Crippen LogP contribution in [0.15, 0.2) is 16.8 Å². The van der Waals surface area contributed by atoms with E-state index in [2.05, 4.69) is 0 Å². The van der Waals surface area contributed by atoms with E-state index in [-0.39, 0.29) is 18.0 Å². The van der Waals surface area contributed by atoms with Crippen LogP contribution >= 0.6 is 11.8 Å². The smallest absolute Gasteiger partial charge is 0.341 e. The van der Waals surface area contributed by atoms with E-state index in [4.69, 9.17) is 10.5 Å². The molecule has 0 spiro atoms. The summed E-state index contributed by atoms with van der Waals surface area (Å²) in [5.74, 6) is 0.0702. The molecule has 1 aromatic rings. The standard InChI is InChI=1S/C16H22N2O3S/c1-8(2)11-6-18-12(10(5)14(17)19)7-22-15(18)13(11)16(20)21-9(3)4/h6,8-9H,7H2,1-5H3,(H2,17,19). The lowest BCUT2D eigenvalue weighted by Gasteiger charge is -2.11. The third-order valence-electron chi connectivity index (χ3n) is 3.60. The van der Waals surface area contributed by atoms with Gasteiger partial charge in [-0.05, 0) is 32.3 Å². The van der Waals surface area contributed by atoms with Crippen molar-refractivity contribution in [1.82, 2.24) is 4.57 Å². The van der Waals surface area contributed by atoms with E-state index >= 15 is 0 Å². The molecule has 5 nitrogen and oxygen atoms in total. The Morgan fingerprint density at radius 3 is 2.45 bits per heavy atom. The maximum Gasteiger partial charge on any atom is 0.341 e. The average molecular weight is 322 g/mol. The second-order valence-electron chi connectivity index (χ2n) is 5.97. The third kappa shape index (κ3) is 2.92. The molecule has 0 unspecified atom stereocenters. The number of esters is 1. The molecule has 0 radical (unpaired) electrons. The molecule has 120 valence electrons. The zero-order valence-electron chi connectivity index (χ0n) is 13.6. The van der Waals surface area contributed by atoms with E-state index in [0.29, 0.717) is 16.9 Å². The molecule has 0 saturated heterocycles. The number of hydrogen-bond acceptors (Lipinski definition) is 4. The van der Waals surface area contributed by atoms with Crippen LogP contribution in [0.2, 0.25) is 0 Å². The van der Waals surface area contributed by atoms with Crippen molar-refractivity contribution in [2.75, 3.05) is 5.75 Å². The highest BCUT2D eigenvalue weighted by atomic mass is 32.2. The Balaban J connectivity index is 2.58. The Morgan fingerprint density at radius 1 is 1.32 bits per heavy atom. The molecule has 2 N–H and O–H groups in total. The number of carbonyl (C=O) groups excluding carboxylic acids is 2. The van der Waals surface area contributed by atoms with Crippen LogP contribution in [0.4, 0.5) is 0 Å². The summed E-state index contributed by atoms with van der Waals surface area (Å²) in [7, 11) is 0. The Kier molecular flexibility index (Phi) is 4.70. The molecular formula is C16H22N2O3S. The Bertz CT molecular complexity index is 657. The monoisotopic (exact) mass is 322 g/mol. The molecule has 1 aliphatic rings. The number of rotatable bonds is 4. The van der Waals surface area contributed by atoms with Gasteiger partial charge < -0.3 is 15.0 Å². The van der Waals surface area contributed by atoms with E-state index in [1.165, 1.54) is 11.8 Å². The topological polar surface area (TPSA) is 74.3 Å². The molecule has 2 rings (SSSR count). The van der Waals surface area contributed by atoms with Gasteiger partial charge >= 0.3 is 5.97 Å². The largest absolute Gasteiger partial charge is 0.459 e. The molecule has 22 heavy (non-hydrogen) atoms. The normalized spacial score (nSPS) is 16.1. The van der Waals surface area contributed by atoms with Gasteiger partial charge in [0.1, 0.15) is 0 Å². The molecule has 0 aromatic carbocycles. The first-order chi connectivity index (χ1) is 10.2. The van der Waals surface area contributed by atoms with Gasteiger partial charge in [0, 0.05) is 23.2 Å². The first-order valence-electron chi connectivity index (χ1n) is 7.33. The maximum atomic E-state index is 12.5. The van der Waals surface area contributed by atoms with Gasteiger partial charge in [-0.15, -0.1) is 11.8 Å². The van der Waals surface area contributed by atoms with E-state index in [0.717, 1.165) is 16.3 Å². The fourth-order valence-electron chi connectivity index (χ4n) is 2.40. The van der Waals surface area contributed by atoms with Crippen molar-refractivity contribution in [2.24, 2.45) is 5.73 Å². The molecule has 1 aromatic heterocycles. The first kappa shape index (κ1) is 16.7. The highest BCUT2D eigenvalue weighted by Gasteiger charge is 2.31. The quantitative estimate of drug-likeness (QED) is 0.683. The minimum Gasteiger partial charge on any atom is -0.459 e. The van der Waals surface area contributed by atoms with Crippen LogP contribution in [-0.2, 0) is 9.53 Å². The summed E-state index contributed by atoms with van der Waals surface area (Å²) in [6, 6.07) is 0. The minimum atomic E-state index is -0.436. The van der Waals surface area contributed by atoms with Gasteiger partial charge in [-0.25, -0.2) is 4.79 Å². The van der Waals surface area contributed by atoms with Gasteiger partial charge in [0.25, 0.3) is 0 Å². The first-order valence-corrected chi connectivity index (χ1v) is 8.31. The highest BCUT2D eigenvalue weighted by molar-refractivity contribution is 8.00. The molecule has 0 aliphatic carbocycles. The molecule has 0 atom stereocenters. The summed E-state index contributed by atoms with van der Waals surface area (Å²) in [5.41, 5.74) is 8.31. The molecular weight excluding hydrogens is 300 g/mol. The van der Waals surface area contributed by atoms with Crippen LogP contribution < -0.4 is 5.73 Å². The fourth-order valence-corrected chi connectivity index (χ4v) is 3.68. The molecule has 0 bridgehead atoms. The van der Waals surface area contributed by atoms with Gasteiger partial charge in [0.2, 0.25) is 5.91 Å². The summed E-state index contributed by atoms with van der Waals surface area (Å²) < 4.78 is 7.29. The number of thioether (sulfide) groups is 1. The minimum absolute atomic E-state index is 0.170.